The maximum atomic E-state index is 12.0. The van der Waals surface area contributed by atoms with E-state index in [-0.39, 0.29) is 23.7 Å². The van der Waals surface area contributed by atoms with Crippen LogP contribution >= 0.6 is 11.8 Å². The van der Waals surface area contributed by atoms with Gasteiger partial charge in [-0.1, -0.05) is 30.0 Å². The summed E-state index contributed by atoms with van der Waals surface area (Å²) in [5.41, 5.74) is 0.922. The molecule has 0 radical (unpaired) electrons. The van der Waals surface area contributed by atoms with E-state index in [1.807, 2.05) is 31.2 Å². The van der Waals surface area contributed by atoms with Gasteiger partial charge in [-0.3, -0.25) is 9.59 Å². The molecule has 5 nitrogen and oxygen atoms in total. The molecule has 1 aromatic carbocycles. The molecular weight excluding hydrogens is 276 g/mol. The first-order chi connectivity index (χ1) is 9.61. The second-order valence-corrected chi connectivity index (χ2v) is 5.61. The molecule has 1 heterocycles. The van der Waals surface area contributed by atoms with E-state index in [2.05, 4.69) is 5.32 Å². The van der Waals surface area contributed by atoms with Crippen molar-refractivity contribution >= 4 is 22.9 Å². The Balaban J connectivity index is 1.95. The van der Waals surface area contributed by atoms with Crippen molar-refractivity contribution in [1.29, 1.82) is 0 Å². The summed E-state index contributed by atoms with van der Waals surface area (Å²) >= 11 is 1.26. The van der Waals surface area contributed by atoms with Crippen LogP contribution in [0.3, 0.4) is 0 Å². The Morgan fingerprint density at radius 2 is 2.25 bits per heavy atom. The minimum atomic E-state index is -0.163. The lowest BCUT2D eigenvalue weighted by Gasteiger charge is -2.19. The largest absolute Gasteiger partial charge is 0.496 e. The molecule has 0 aromatic heterocycles. The third kappa shape index (κ3) is 3.45. The number of nitrogens with one attached hydrogen (secondary N) is 1. The van der Waals surface area contributed by atoms with E-state index in [9.17, 15) is 9.59 Å². The molecule has 2 amide bonds. The zero-order chi connectivity index (χ0) is 14.5. The van der Waals surface area contributed by atoms with Crippen LogP contribution in [-0.4, -0.2) is 42.0 Å². The lowest BCUT2D eigenvalue weighted by molar-refractivity contribution is -0.122. The summed E-state index contributed by atoms with van der Waals surface area (Å²) in [6.07, 6.45) is 0. The highest BCUT2D eigenvalue weighted by molar-refractivity contribution is 8.13. The van der Waals surface area contributed by atoms with Gasteiger partial charge in [0, 0.05) is 17.9 Å². The Morgan fingerprint density at radius 1 is 1.50 bits per heavy atom. The van der Waals surface area contributed by atoms with Gasteiger partial charge in [0.05, 0.1) is 13.2 Å². The van der Waals surface area contributed by atoms with E-state index >= 15 is 0 Å². The van der Waals surface area contributed by atoms with Gasteiger partial charge in [-0.25, -0.2) is 0 Å². The number of amides is 2. The molecule has 20 heavy (non-hydrogen) atoms. The topological polar surface area (TPSA) is 58.6 Å². The number of ether oxygens (including phenoxy) is 1. The number of benzene rings is 1. The van der Waals surface area contributed by atoms with Crippen LogP contribution in [0.2, 0.25) is 0 Å². The zero-order valence-corrected chi connectivity index (χ0v) is 12.4. The van der Waals surface area contributed by atoms with Crippen molar-refractivity contribution in [2.45, 2.75) is 13.0 Å². The molecule has 0 spiro atoms. The van der Waals surface area contributed by atoms with E-state index < -0.39 is 0 Å². The van der Waals surface area contributed by atoms with Gasteiger partial charge in [0.15, 0.2) is 0 Å². The average Bonchev–Trinajstić information content (AvgIpc) is 2.84. The maximum absolute atomic E-state index is 12.0. The molecule has 2 rings (SSSR count). The van der Waals surface area contributed by atoms with Gasteiger partial charge in [-0.05, 0) is 13.0 Å². The van der Waals surface area contributed by atoms with Crippen molar-refractivity contribution < 1.29 is 14.3 Å². The summed E-state index contributed by atoms with van der Waals surface area (Å²) in [6.45, 7) is 2.65. The second kappa shape index (κ2) is 6.65. The van der Waals surface area contributed by atoms with Gasteiger partial charge in [-0.15, -0.1) is 0 Å². The lowest BCUT2D eigenvalue weighted by Crippen LogP contribution is -2.38. The van der Waals surface area contributed by atoms with Crippen LogP contribution in [0.4, 0.5) is 4.79 Å². The first kappa shape index (κ1) is 14.7. The van der Waals surface area contributed by atoms with Gasteiger partial charge in [0.25, 0.3) is 5.24 Å². The molecule has 0 bridgehead atoms. The first-order valence-corrected chi connectivity index (χ1v) is 7.44. The Morgan fingerprint density at radius 3 is 2.90 bits per heavy atom. The van der Waals surface area contributed by atoms with Gasteiger partial charge in [-0.2, -0.15) is 0 Å². The van der Waals surface area contributed by atoms with Gasteiger partial charge in [0.1, 0.15) is 12.3 Å². The number of carbonyl (C=O) groups excluding carboxylic acids is 2. The Hall–Kier alpha value is -1.69. The molecule has 0 saturated carbocycles. The predicted molar refractivity (Wildman–Crippen MR) is 79.0 cm³/mol. The van der Waals surface area contributed by atoms with E-state index in [1.54, 1.807) is 12.0 Å². The zero-order valence-electron chi connectivity index (χ0n) is 11.6. The molecule has 6 heteroatoms. The van der Waals surface area contributed by atoms with Crippen LogP contribution in [0.15, 0.2) is 24.3 Å². The number of hydrogen-bond acceptors (Lipinski definition) is 4. The number of hydrogen-bond donors (Lipinski definition) is 1. The van der Waals surface area contributed by atoms with Crippen molar-refractivity contribution in [3.8, 4) is 5.75 Å². The van der Waals surface area contributed by atoms with Gasteiger partial charge >= 0.3 is 0 Å². The fourth-order valence-electron chi connectivity index (χ4n) is 2.13. The third-order valence-electron chi connectivity index (χ3n) is 3.16. The van der Waals surface area contributed by atoms with Crippen molar-refractivity contribution in [1.82, 2.24) is 10.2 Å². The molecule has 108 valence electrons. The first-order valence-electron chi connectivity index (χ1n) is 6.46. The van der Waals surface area contributed by atoms with Crippen LogP contribution in [0.25, 0.3) is 0 Å². The smallest absolute Gasteiger partial charge is 0.282 e. The molecule has 1 aliphatic rings. The van der Waals surface area contributed by atoms with Crippen LogP contribution in [0.5, 0.6) is 5.75 Å². The summed E-state index contributed by atoms with van der Waals surface area (Å²) in [7, 11) is 1.60. The fraction of sp³-hybridized carbons (Fsp3) is 0.429. The Bertz CT molecular complexity index is 507. The van der Waals surface area contributed by atoms with Crippen molar-refractivity contribution in [2.75, 3.05) is 26.0 Å². The molecular formula is C14H18N2O3S. The van der Waals surface area contributed by atoms with Gasteiger partial charge < -0.3 is 15.0 Å². The summed E-state index contributed by atoms with van der Waals surface area (Å²) in [5.74, 6) is 1.35. The van der Waals surface area contributed by atoms with Crippen molar-refractivity contribution in [2.24, 2.45) is 0 Å². The highest BCUT2D eigenvalue weighted by Crippen LogP contribution is 2.24. The van der Waals surface area contributed by atoms with Crippen LogP contribution in [0.1, 0.15) is 18.5 Å². The van der Waals surface area contributed by atoms with E-state index in [1.165, 1.54) is 11.8 Å². The molecule has 1 saturated heterocycles. The molecule has 1 aromatic rings. The Kier molecular flexibility index (Phi) is 4.89. The maximum Gasteiger partial charge on any atom is 0.282 e. The molecule has 1 unspecified atom stereocenters. The Labute approximate surface area is 122 Å². The summed E-state index contributed by atoms with van der Waals surface area (Å²) in [5, 5.41) is 2.87. The summed E-state index contributed by atoms with van der Waals surface area (Å²) in [6, 6.07) is 7.40. The number of rotatable bonds is 5. The number of nitrogens with zero attached hydrogens (tertiary/aromatic N) is 1. The standard InChI is InChI=1S/C14H18N2O3S/c1-10(11-5-3-4-6-12(11)19-2)15-13(17)9-16-7-8-20-14(16)18/h3-6,10H,7-9H2,1-2H3,(H,15,17). The monoisotopic (exact) mass is 294 g/mol. The number of para-hydroxylation sites is 1. The van der Waals surface area contributed by atoms with Crippen molar-refractivity contribution in [3.63, 3.8) is 0 Å². The summed E-state index contributed by atoms with van der Waals surface area (Å²) < 4.78 is 5.28. The van der Waals surface area contributed by atoms with Crippen LogP contribution in [-0.2, 0) is 4.79 Å². The average molecular weight is 294 g/mol. The summed E-state index contributed by atoms with van der Waals surface area (Å²) in [4.78, 5) is 25.0. The molecule has 1 N–H and O–H groups in total. The number of methoxy groups -OCH3 is 1. The predicted octanol–water partition coefficient (Wildman–Crippen LogP) is 2.04. The quantitative estimate of drug-likeness (QED) is 0.903. The minimum Gasteiger partial charge on any atom is -0.496 e. The third-order valence-corrected chi connectivity index (χ3v) is 4.05. The molecule has 1 aliphatic heterocycles. The molecule has 0 aliphatic carbocycles. The molecule has 1 atom stereocenters. The minimum absolute atomic E-state index is 0.0231. The van der Waals surface area contributed by atoms with Gasteiger partial charge in [0.2, 0.25) is 5.91 Å². The second-order valence-electron chi connectivity index (χ2n) is 4.57. The fourth-order valence-corrected chi connectivity index (χ4v) is 2.96. The number of thioether (sulfide) groups is 1. The van der Waals surface area contributed by atoms with Crippen molar-refractivity contribution in [3.05, 3.63) is 29.8 Å². The van der Waals surface area contributed by atoms with E-state index in [0.29, 0.717) is 6.54 Å². The highest BCUT2D eigenvalue weighted by atomic mass is 32.2. The van der Waals surface area contributed by atoms with E-state index in [0.717, 1.165) is 17.1 Å². The lowest BCUT2D eigenvalue weighted by atomic mass is 10.1. The normalized spacial score (nSPS) is 16.1. The molecule has 1 fully saturated rings. The van der Waals surface area contributed by atoms with E-state index in [4.69, 9.17) is 4.74 Å². The van der Waals surface area contributed by atoms with Crippen LogP contribution < -0.4 is 10.1 Å². The SMILES string of the molecule is COc1ccccc1C(C)NC(=O)CN1CCSC1=O. The highest BCUT2D eigenvalue weighted by Gasteiger charge is 2.24. The van der Waals surface area contributed by atoms with Crippen LogP contribution in [0, 0.1) is 0 Å². The number of carbonyl (C=O) groups is 2.